The number of para-hydroxylation sites is 1. The van der Waals surface area contributed by atoms with Crippen molar-refractivity contribution in [2.45, 2.75) is 18.5 Å². The van der Waals surface area contributed by atoms with Gasteiger partial charge >= 0.3 is 6.03 Å². The van der Waals surface area contributed by atoms with E-state index < -0.39 is 15.9 Å². The normalized spacial score (nSPS) is 20.8. The summed E-state index contributed by atoms with van der Waals surface area (Å²) in [6.07, 6.45) is 1.88. The number of likely N-dealkylation sites (tertiary alicyclic amines) is 1. The molecule has 1 atom stereocenters. The van der Waals surface area contributed by atoms with Crippen molar-refractivity contribution in [1.29, 1.82) is 0 Å². The molecule has 7 heteroatoms. The maximum absolute atomic E-state index is 12.5. The second-order valence-electron chi connectivity index (χ2n) is 7.09. The average molecular weight is 371 g/mol. The molecular formula is C19H21N3O3S. The van der Waals surface area contributed by atoms with Crippen molar-refractivity contribution in [2.75, 3.05) is 24.7 Å². The maximum atomic E-state index is 12.5. The molecule has 1 fully saturated rings. The average Bonchev–Trinajstić information content (AvgIpc) is 2.58. The number of carbonyl (C=O) groups excluding carboxylic acids is 1. The summed E-state index contributed by atoms with van der Waals surface area (Å²) in [4.78, 5) is 14.1. The van der Waals surface area contributed by atoms with Gasteiger partial charge in [0.15, 0.2) is 0 Å². The Labute approximate surface area is 154 Å². The van der Waals surface area contributed by atoms with Crippen LogP contribution < -0.4 is 5.32 Å². The van der Waals surface area contributed by atoms with E-state index >= 15 is 0 Å². The Kier molecular flexibility index (Phi) is 4.10. The molecule has 2 aromatic carbocycles. The van der Waals surface area contributed by atoms with E-state index in [4.69, 9.17) is 0 Å². The SMILES string of the molecule is C[S+](=O)([O-])N1Cc2ccccc2CC12CN(C(=O)Nc1ccccc1)C2. The van der Waals surface area contributed by atoms with E-state index in [9.17, 15) is 13.6 Å². The fourth-order valence-electron chi connectivity index (χ4n) is 3.92. The van der Waals surface area contributed by atoms with Gasteiger partial charge in [0.05, 0.1) is 6.54 Å². The maximum Gasteiger partial charge on any atom is 0.321 e. The van der Waals surface area contributed by atoms with Crippen LogP contribution >= 0.6 is 0 Å². The van der Waals surface area contributed by atoms with Gasteiger partial charge in [-0.15, -0.1) is 4.31 Å². The zero-order valence-electron chi connectivity index (χ0n) is 14.6. The number of nitrogens with zero attached hydrogens (tertiary/aromatic N) is 2. The van der Waals surface area contributed by atoms with Gasteiger partial charge in [-0.3, -0.25) is 0 Å². The smallest absolute Gasteiger partial charge is 0.321 e. The number of amides is 2. The largest absolute Gasteiger partial charge is 0.598 e. The Morgan fingerprint density at radius 2 is 1.69 bits per heavy atom. The van der Waals surface area contributed by atoms with Crippen molar-refractivity contribution in [3.8, 4) is 0 Å². The summed E-state index contributed by atoms with van der Waals surface area (Å²) < 4.78 is 26.3. The molecule has 2 aliphatic rings. The molecule has 136 valence electrons. The molecule has 2 aliphatic heterocycles. The van der Waals surface area contributed by atoms with E-state index in [1.54, 1.807) is 9.21 Å². The Morgan fingerprint density at radius 1 is 1.08 bits per heavy atom. The highest BCUT2D eigenvalue weighted by molar-refractivity contribution is 7.94. The summed E-state index contributed by atoms with van der Waals surface area (Å²) >= 11 is 0. The van der Waals surface area contributed by atoms with Gasteiger partial charge in [0.25, 0.3) is 0 Å². The monoisotopic (exact) mass is 371 g/mol. The van der Waals surface area contributed by atoms with Gasteiger partial charge in [0, 0.05) is 18.8 Å². The number of fused-ring (bicyclic) bond motifs is 1. The Bertz CT molecular complexity index is 875. The second-order valence-corrected chi connectivity index (χ2v) is 9.00. The third-order valence-electron chi connectivity index (χ3n) is 5.16. The lowest BCUT2D eigenvalue weighted by Crippen LogP contribution is -2.75. The lowest BCUT2D eigenvalue weighted by atomic mass is 9.79. The molecule has 0 bridgehead atoms. The fourth-order valence-corrected chi connectivity index (χ4v) is 5.18. The predicted octanol–water partition coefficient (Wildman–Crippen LogP) is 2.51. The number of hydrogen-bond donors (Lipinski definition) is 1. The molecule has 4 rings (SSSR count). The van der Waals surface area contributed by atoms with Crippen LogP contribution in [-0.4, -0.2) is 44.7 Å². The first-order valence-electron chi connectivity index (χ1n) is 8.53. The van der Waals surface area contributed by atoms with Crippen LogP contribution in [0.4, 0.5) is 10.5 Å². The highest BCUT2D eigenvalue weighted by Gasteiger charge is 2.56. The van der Waals surface area contributed by atoms with Gasteiger partial charge in [-0.2, -0.15) is 0 Å². The van der Waals surface area contributed by atoms with Crippen LogP contribution in [0, 0.1) is 0 Å². The summed E-state index contributed by atoms with van der Waals surface area (Å²) in [6.45, 7) is 1.16. The highest BCUT2D eigenvalue weighted by atomic mass is 32.3. The number of anilines is 1. The number of carbonyl (C=O) groups is 1. The van der Waals surface area contributed by atoms with Gasteiger partial charge in [-0.25, -0.2) is 4.79 Å². The molecule has 2 amide bonds. The van der Waals surface area contributed by atoms with Crippen molar-refractivity contribution in [3.05, 3.63) is 65.7 Å². The first-order valence-corrected chi connectivity index (χ1v) is 10.4. The number of sulfonamides is 1. The molecule has 6 nitrogen and oxygen atoms in total. The van der Waals surface area contributed by atoms with Gasteiger partial charge in [-0.1, -0.05) is 46.7 Å². The van der Waals surface area contributed by atoms with Crippen molar-refractivity contribution < 1.29 is 13.6 Å². The quantitative estimate of drug-likeness (QED) is 0.824. The summed E-state index contributed by atoms with van der Waals surface area (Å²) in [6, 6.07) is 17.0. The summed E-state index contributed by atoms with van der Waals surface area (Å²) in [5.74, 6) is 0. The first kappa shape index (κ1) is 17.2. The van der Waals surface area contributed by atoms with Crippen LogP contribution in [0.3, 0.4) is 0 Å². The van der Waals surface area contributed by atoms with Crippen molar-refractivity contribution in [3.63, 3.8) is 0 Å². The molecule has 2 aromatic rings. The number of hydrogen-bond acceptors (Lipinski definition) is 3. The molecule has 0 saturated carbocycles. The van der Waals surface area contributed by atoms with Crippen LogP contribution in [0.2, 0.25) is 0 Å². The first-order chi connectivity index (χ1) is 12.4. The van der Waals surface area contributed by atoms with Crippen LogP contribution in [0.15, 0.2) is 54.6 Å². The molecule has 2 heterocycles. The minimum atomic E-state index is -3.37. The van der Waals surface area contributed by atoms with E-state index in [0.717, 1.165) is 16.8 Å². The molecule has 1 spiro atoms. The fraction of sp³-hybridized carbons (Fsp3) is 0.316. The molecule has 0 aromatic heterocycles. The standard InChI is InChI=1S/C19H21N3O3S/c1-26(24,25)22-12-16-8-6-5-7-15(16)11-19(22)13-21(14-19)18(23)20-17-9-3-2-4-10-17/h2-10H,11-14H2,1H3,(H-,20,23,24,25). The molecule has 1 N–H and O–H groups in total. The second kappa shape index (κ2) is 6.19. The molecule has 1 unspecified atom stereocenters. The topological polar surface area (TPSA) is 75.7 Å². The Morgan fingerprint density at radius 3 is 2.35 bits per heavy atom. The molecule has 1 saturated heterocycles. The highest BCUT2D eigenvalue weighted by Crippen LogP contribution is 2.40. The number of rotatable bonds is 2. The van der Waals surface area contributed by atoms with E-state index in [1.165, 1.54) is 6.26 Å². The molecular weight excluding hydrogens is 350 g/mol. The minimum absolute atomic E-state index is 0.200. The zero-order chi connectivity index (χ0) is 18.4. The van der Waals surface area contributed by atoms with Gasteiger partial charge in [0.1, 0.15) is 22.2 Å². The lowest BCUT2D eigenvalue weighted by Gasteiger charge is -2.56. The summed E-state index contributed by atoms with van der Waals surface area (Å²) in [5.41, 5.74) is 2.38. The summed E-state index contributed by atoms with van der Waals surface area (Å²) in [5, 5.41) is 2.86. The van der Waals surface area contributed by atoms with Gasteiger partial charge < -0.3 is 14.8 Å². The van der Waals surface area contributed by atoms with E-state index in [2.05, 4.69) is 5.32 Å². The minimum Gasteiger partial charge on any atom is -0.598 e. The van der Waals surface area contributed by atoms with Crippen LogP contribution in [0.5, 0.6) is 0 Å². The Balaban J connectivity index is 1.53. The zero-order valence-corrected chi connectivity index (χ0v) is 15.4. The third kappa shape index (κ3) is 3.02. The summed E-state index contributed by atoms with van der Waals surface area (Å²) in [7, 11) is -3.37. The van der Waals surface area contributed by atoms with Crippen LogP contribution in [0.25, 0.3) is 0 Å². The van der Waals surface area contributed by atoms with Crippen molar-refractivity contribution in [1.82, 2.24) is 9.21 Å². The number of urea groups is 1. The van der Waals surface area contributed by atoms with E-state index in [1.807, 2.05) is 54.6 Å². The van der Waals surface area contributed by atoms with E-state index in [-0.39, 0.29) is 6.03 Å². The van der Waals surface area contributed by atoms with Gasteiger partial charge in [-0.05, 0) is 29.7 Å². The van der Waals surface area contributed by atoms with Gasteiger partial charge in [0.2, 0.25) is 0 Å². The van der Waals surface area contributed by atoms with Crippen LogP contribution in [-0.2, 0) is 27.6 Å². The predicted molar refractivity (Wildman–Crippen MR) is 100 cm³/mol. The van der Waals surface area contributed by atoms with Crippen LogP contribution in [0.1, 0.15) is 11.1 Å². The third-order valence-corrected chi connectivity index (χ3v) is 6.48. The number of benzene rings is 2. The van der Waals surface area contributed by atoms with Crippen molar-refractivity contribution >= 4 is 22.1 Å². The van der Waals surface area contributed by atoms with E-state index in [0.29, 0.717) is 26.1 Å². The molecule has 0 radical (unpaired) electrons. The lowest BCUT2D eigenvalue weighted by molar-refractivity contribution is 0.00453. The Hall–Kier alpha value is -2.22. The molecule has 0 aliphatic carbocycles. The van der Waals surface area contributed by atoms with Crippen molar-refractivity contribution in [2.24, 2.45) is 0 Å². The molecule has 26 heavy (non-hydrogen) atoms. The number of nitrogens with one attached hydrogen (secondary N) is 1.